The Morgan fingerprint density at radius 3 is 2.59 bits per heavy atom. The van der Waals surface area contributed by atoms with Crippen LogP contribution in [0.3, 0.4) is 0 Å². The third kappa shape index (κ3) is 5.84. The van der Waals surface area contributed by atoms with Gasteiger partial charge in [0.15, 0.2) is 11.7 Å². The maximum absolute atomic E-state index is 12.6. The summed E-state index contributed by atoms with van der Waals surface area (Å²) < 4.78 is 33.7. The molecule has 0 spiro atoms. The minimum Gasteiger partial charge on any atom is -0.452 e. The third-order valence-electron chi connectivity index (χ3n) is 4.81. The van der Waals surface area contributed by atoms with Gasteiger partial charge >= 0.3 is 5.97 Å². The van der Waals surface area contributed by atoms with Crippen LogP contribution < -0.4 is 10.0 Å². The van der Waals surface area contributed by atoms with Crippen molar-refractivity contribution < 1.29 is 22.7 Å². The Morgan fingerprint density at radius 1 is 1.00 bits per heavy atom. The molecule has 0 aliphatic carbocycles. The van der Waals surface area contributed by atoms with Crippen molar-refractivity contribution >= 4 is 48.6 Å². The number of amides is 1. The molecule has 4 aromatic rings. The second-order valence-electron chi connectivity index (χ2n) is 7.45. The second-order valence-corrected chi connectivity index (χ2v) is 10.3. The third-order valence-corrected chi connectivity index (χ3v) is 7.15. The zero-order chi connectivity index (χ0) is 24.1. The first-order valence-corrected chi connectivity index (χ1v) is 12.6. The van der Waals surface area contributed by atoms with E-state index in [1.54, 1.807) is 12.1 Å². The highest BCUT2D eigenvalue weighted by molar-refractivity contribution is 7.89. The summed E-state index contributed by atoms with van der Waals surface area (Å²) in [6.45, 7) is 1.55. The minimum absolute atomic E-state index is 0.0193. The Bertz CT molecular complexity index is 1450. The number of nitrogens with zero attached hydrogens (tertiary/aromatic N) is 1. The average Bonchev–Trinajstić information content (AvgIpc) is 3.23. The molecule has 0 saturated carbocycles. The van der Waals surface area contributed by atoms with Crippen LogP contribution in [0.15, 0.2) is 77.7 Å². The van der Waals surface area contributed by atoms with Gasteiger partial charge in [-0.2, -0.15) is 0 Å². The van der Waals surface area contributed by atoms with Crippen LogP contribution in [-0.4, -0.2) is 31.9 Å². The van der Waals surface area contributed by atoms with Crippen molar-refractivity contribution in [3.05, 3.63) is 89.5 Å². The Labute approximate surface area is 200 Å². The molecule has 1 heterocycles. The SMILES string of the molecule is Cc1ccc2nc(NC(=O)COC(=O)c3cccc(S(=O)(=O)NCc4ccccc4)c3)sc2c1. The van der Waals surface area contributed by atoms with Crippen LogP contribution in [0.2, 0.25) is 0 Å². The quantitative estimate of drug-likeness (QED) is 0.359. The number of carbonyl (C=O) groups excluding carboxylic acids is 2. The topological polar surface area (TPSA) is 114 Å². The standard InChI is InChI=1S/C24H21N3O5S2/c1-16-10-11-20-21(12-16)33-24(26-20)27-22(28)15-32-23(29)18-8-5-9-19(13-18)34(30,31)25-14-17-6-3-2-4-7-17/h2-13,25H,14-15H2,1H3,(H,26,27,28). The van der Waals surface area contributed by atoms with E-state index < -0.39 is 28.5 Å². The number of thiazole rings is 1. The number of fused-ring (bicyclic) bond motifs is 1. The van der Waals surface area contributed by atoms with Gasteiger partial charge in [0.2, 0.25) is 10.0 Å². The van der Waals surface area contributed by atoms with Crippen LogP contribution in [0.5, 0.6) is 0 Å². The molecule has 0 saturated heterocycles. The lowest BCUT2D eigenvalue weighted by Crippen LogP contribution is -2.24. The number of benzene rings is 3. The Morgan fingerprint density at radius 2 is 1.79 bits per heavy atom. The summed E-state index contributed by atoms with van der Waals surface area (Å²) in [5.74, 6) is -1.35. The molecule has 174 valence electrons. The van der Waals surface area contributed by atoms with Gasteiger partial charge in [0.05, 0.1) is 20.7 Å². The number of aromatic nitrogens is 1. The number of carbonyl (C=O) groups is 2. The molecule has 0 bridgehead atoms. The molecule has 0 aliphatic rings. The monoisotopic (exact) mass is 495 g/mol. The van der Waals surface area contributed by atoms with Crippen molar-refractivity contribution in [2.45, 2.75) is 18.4 Å². The van der Waals surface area contributed by atoms with Crippen LogP contribution in [0, 0.1) is 6.92 Å². The first kappa shape index (κ1) is 23.6. The Balaban J connectivity index is 1.35. The largest absolute Gasteiger partial charge is 0.452 e. The molecule has 0 unspecified atom stereocenters. The van der Waals surface area contributed by atoms with Gasteiger partial charge in [-0.05, 0) is 48.4 Å². The fourth-order valence-electron chi connectivity index (χ4n) is 3.10. The zero-order valence-corrected chi connectivity index (χ0v) is 19.8. The lowest BCUT2D eigenvalue weighted by Gasteiger charge is -2.09. The fourth-order valence-corrected chi connectivity index (χ4v) is 5.15. The van der Waals surface area contributed by atoms with Gasteiger partial charge in [-0.3, -0.25) is 10.1 Å². The van der Waals surface area contributed by atoms with E-state index in [1.165, 1.54) is 35.6 Å². The van der Waals surface area contributed by atoms with Crippen molar-refractivity contribution in [3.63, 3.8) is 0 Å². The predicted octanol–water partition coefficient (Wildman–Crippen LogP) is 3.88. The van der Waals surface area contributed by atoms with Gasteiger partial charge in [-0.25, -0.2) is 22.9 Å². The molecule has 3 aromatic carbocycles. The molecule has 10 heteroatoms. The molecule has 4 rings (SSSR count). The van der Waals surface area contributed by atoms with Crippen LogP contribution in [0.1, 0.15) is 21.5 Å². The van der Waals surface area contributed by atoms with Crippen LogP contribution in [0.25, 0.3) is 10.2 Å². The van der Waals surface area contributed by atoms with E-state index >= 15 is 0 Å². The Kier molecular flexibility index (Phi) is 7.01. The van der Waals surface area contributed by atoms with Gasteiger partial charge in [0, 0.05) is 6.54 Å². The fraction of sp³-hybridized carbons (Fsp3) is 0.125. The molecule has 2 N–H and O–H groups in total. The molecule has 8 nitrogen and oxygen atoms in total. The highest BCUT2D eigenvalue weighted by Gasteiger charge is 2.18. The number of anilines is 1. The van der Waals surface area contributed by atoms with Gasteiger partial charge < -0.3 is 4.74 Å². The molecule has 0 aliphatic heterocycles. The Hall–Kier alpha value is -3.60. The van der Waals surface area contributed by atoms with Crippen molar-refractivity contribution in [2.75, 3.05) is 11.9 Å². The number of aryl methyl sites for hydroxylation is 1. The van der Waals surface area contributed by atoms with Gasteiger partial charge in [0.1, 0.15) is 0 Å². The van der Waals surface area contributed by atoms with E-state index in [0.717, 1.165) is 21.3 Å². The van der Waals surface area contributed by atoms with E-state index in [0.29, 0.717) is 5.13 Å². The van der Waals surface area contributed by atoms with E-state index in [2.05, 4.69) is 15.0 Å². The first-order valence-electron chi connectivity index (χ1n) is 10.3. The van der Waals surface area contributed by atoms with Crippen LogP contribution >= 0.6 is 11.3 Å². The zero-order valence-electron chi connectivity index (χ0n) is 18.1. The molecule has 0 fully saturated rings. The van der Waals surface area contributed by atoms with Crippen LogP contribution in [-0.2, 0) is 26.1 Å². The highest BCUT2D eigenvalue weighted by Crippen LogP contribution is 2.26. The minimum atomic E-state index is -3.85. The molecule has 0 atom stereocenters. The van der Waals surface area contributed by atoms with Gasteiger partial charge in [0.25, 0.3) is 5.91 Å². The summed E-state index contributed by atoms with van der Waals surface area (Å²) in [7, 11) is -3.85. The van der Waals surface area contributed by atoms with E-state index in [9.17, 15) is 18.0 Å². The number of hydrogen-bond acceptors (Lipinski definition) is 7. The number of rotatable bonds is 8. The van der Waals surface area contributed by atoms with Crippen molar-refractivity contribution in [1.82, 2.24) is 9.71 Å². The summed E-state index contributed by atoms with van der Waals surface area (Å²) >= 11 is 1.32. The maximum atomic E-state index is 12.6. The molecule has 34 heavy (non-hydrogen) atoms. The number of sulfonamides is 1. The smallest absolute Gasteiger partial charge is 0.338 e. The molecular weight excluding hydrogens is 474 g/mol. The van der Waals surface area contributed by atoms with Gasteiger partial charge in [-0.15, -0.1) is 0 Å². The molecule has 1 amide bonds. The second kappa shape index (κ2) is 10.1. The number of esters is 1. The lowest BCUT2D eigenvalue weighted by molar-refractivity contribution is -0.119. The van der Waals surface area contributed by atoms with E-state index in [4.69, 9.17) is 4.74 Å². The summed E-state index contributed by atoms with van der Waals surface area (Å²) in [6.07, 6.45) is 0. The van der Waals surface area contributed by atoms with Crippen molar-refractivity contribution in [2.24, 2.45) is 0 Å². The molecular formula is C24H21N3O5S2. The summed E-state index contributed by atoms with van der Waals surface area (Å²) in [6, 6.07) is 20.3. The lowest BCUT2D eigenvalue weighted by atomic mass is 10.2. The van der Waals surface area contributed by atoms with Crippen molar-refractivity contribution in [3.8, 4) is 0 Å². The highest BCUT2D eigenvalue weighted by atomic mass is 32.2. The van der Waals surface area contributed by atoms with Crippen molar-refractivity contribution in [1.29, 1.82) is 0 Å². The number of ether oxygens (including phenoxy) is 1. The molecule has 0 radical (unpaired) electrons. The summed E-state index contributed by atoms with van der Waals surface area (Å²) in [4.78, 5) is 28.9. The summed E-state index contributed by atoms with van der Waals surface area (Å²) in [5, 5.41) is 3.01. The number of nitrogens with one attached hydrogen (secondary N) is 2. The normalized spacial score (nSPS) is 11.3. The van der Waals surface area contributed by atoms with E-state index in [1.807, 2.05) is 43.3 Å². The predicted molar refractivity (Wildman–Crippen MR) is 130 cm³/mol. The van der Waals surface area contributed by atoms with Gasteiger partial charge in [-0.1, -0.05) is 53.8 Å². The first-order chi connectivity index (χ1) is 16.3. The average molecular weight is 496 g/mol. The van der Waals surface area contributed by atoms with Crippen LogP contribution in [0.4, 0.5) is 5.13 Å². The number of hydrogen-bond donors (Lipinski definition) is 2. The molecule has 1 aromatic heterocycles. The maximum Gasteiger partial charge on any atom is 0.338 e. The van der Waals surface area contributed by atoms with E-state index in [-0.39, 0.29) is 17.0 Å². The summed E-state index contributed by atoms with van der Waals surface area (Å²) in [5.41, 5.74) is 2.67.